The number of anilines is 1. The van der Waals surface area contributed by atoms with Crippen LogP contribution >= 0.6 is 12.4 Å². The minimum atomic E-state index is -0.293. The fourth-order valence-corrected chi connectivity index (χ4v) is 3.21. The van der Waals surface area contributed by atoms with Crippen LogP contribution < -0.4 is 16.0 Å². The zero-order chi connectivity index (χ0) is 17.5. The minimum Gasteiger partial charge on any atom is -0.352 e. The molecule has 5 nitrogen and oxygen atoms in total. The van der Waals surface area contributed by atoms with E-state index in [1.54, 1.807) is 4.90 Å². The number of para-hydroxylation sites is 1. The normalized spacial score (nSPS) is 18.0. The number of aryl methyl sites for hydroxylation is 1. The molecule has 25 heavy (non-hydrogen) atoms. The molecule has 0 radical (unpaired) electrons. The number of amides is 2. The first-order valence-electron chi connectivity index (χ1n) is 8.99. The number of hydrogen-bond donors (Lipinski definition) is 2. The number of rotatable bonds is 8. The van der Waals surface area contributed by atoms with Crippen LogP contribution in [0.25, 0.3) is 0 Å². The zero-order valence-corrected chi connectivity index (χ0v) is 16.0. The van der Waals surface area contributed by atoms with Crippen molar-refractivity contribution in [2.75, 3.05) is 18.0 Å². The van der Waals surface area contributed by atoms with Crippen molar-refractivity contribution in [3.8, 4) is 0 Å². The average molecular weight is 368 g/mol. The van der Waals surface area contributed by atoms with Gasteiger partial charge in [0, 0.05) is 31.2 Å². The molecule has 1 aliphatic heterocycles. The van der Waals surface area contributed by atoms with E-state index in [-0.39, 0.29) is 42.6 Å². The Balaban J connectivity index is 0.00000312. The Kier molecular flexibility index (Phi) is 8.93. The van der Waals surface area contributed by atoms with E-state index in [4.69, 9.17) is 5.73 Å². The molecule has 0 aliphatic carbocycles. The summed E-state index contributed by atoms with van der Waals surface area (Å²) in [6.07, 6.45) is 4.15. The van der Waals surface area contributed by atoms with Crippen LogP contribution in [0.1, 0.15) is 45.1 Å². The summed E-state index contributed by atoms with van der Waals surface area (Å²) in [5.41, 5.74) is 7.82. The second kappa shape index (κ2) is 10.4. The van der Waals surface area contributed by atoms with Gasteiger partial charge < -0.3 is 16.0 Å². The molecular formula is C19H30ClN3O2. The topological polar surface area (TPSA) is 75.4 Å². The van der Waals surface area contributed by atoms with Crippen molar-refractivity contribution in [1.29, 1.82) is 0 Å². The molecule has 2 atom stereocenters. The van der Waals surface area contributed by atoms with E-state index in [2.05, 4.69) is 19.2 Å². The predicted octanol–water partition coefficient (Wildman–Crippen LogP) is 2.66. The predicted molar refractivity (Wildman–Crippen MR) is 104 cm³/mol. The summed E-state index contributed by atoms with van der Waals surface area (Å²) >= 11 is 0. The molecule has 2 amide bonds. The van der Waals surface area contributed by atoms with Gasteiger partial charge in [0.15, 0.2) is 0 Å². The number of carbonyl (C=O) groups excluding carboxylic acids is 2. The third-order valence-electron chi connectivity index (χ3n) is 4.70. The van der Waals surface area contributed by atoms with Crippen LogP contribution in [0.3, 0.4) is 0 Å². The molecule has 140 valence electrons. The Hall–Kier alpha value is -1.59. The lowest BCUT2D eigenvalue weighted by atomic mass is 10.1. The number of halogens is 1. The molecule has 1 aliphatic rings. The number of carbonyl (C=O) groups is 2. The van der Waals surface area contributed by atoms with Crippen LogP contribution in [0, 0.1) is 5.92 Å². The number of nitrogens with zero attached hydrogens (tertiary/aromatic N) is 1. The van der Waals surface area contributed by atoms with Crippen molar-refractivity contribution in [3.05, 3.63) is 29.8 Å². The Morgan fingerprint density at radius 2 is 2.08 bits per heavy atom. The summed E-state index contributed by atoms with van der Waals surface area (Å²) in [6.45, 7) is 5.08. The average Bonchev–Trinajstić information content (AvgIpc) is 3.00. The van der Waals surface area contributed by atoms with Gasteiger partial charge in [0.2, 0.25) is 11.8 Å². The highest BCUT2D eigenvalue weighted by atomic mass is 35.5. The zero-order valence-electron chi connectivity index (χ0n) is 15.2. The Bertz CT molecular complexity index is 580. The van der Waals surface area contributed by atoms with Crippen LogP contribution in [0.5, 0.6) is 0 Å². The minimum absolute atomic E-state index is 0. The molecule has 1 saturated heterocycles. The van der Waals surface area contributed by atoms with Gasteiger partial charge in [-0.3, -0.25) is 9.59 Å². The van der Waals surface area contributed by atoms with Gasteiger partial charge in [-0.05, 0) is 24.5 Å². The van der Waals surface area contributed by atoms with Crippen LogP contribution in [-0.2, 0) is 16.0 Å². The van der Waals surface area contributed by atoms with Crippen LogP contribution in [0.15, 0.2) is 24.3 Å². The smallest absolute Gasteiger partial charge is 0.227 e. The first-order valence-corrected chi connectivity index (χ1v) is 8.99. The molecule has 1 aromatic carbocycles. The second-order valence-electron chi connectivity index (χ2n) is 6.47. The number of nitrogens with two attached hydrogens (primary N) is 1. The van der Waals surface area contributed by atoms with Crippen LogP contribution in [0.2, 0.25) is 0 Å². The van der Waals surface area contributed by atoms with Gasteiger partial charge in [-0.15, -0.1) is 12.4 Å². The number of unbranched alkanes of at least 4 members (excludes halogenated alkanes) is 1. The monoisotopic (exact) mass is 367 g/mol. The van der Waals surface area contributed by atoms with Crippen molar-refractivity contribution in [1.82, 2.24) is 5.32 Å². The first-order chi connectivity index (χ1) is 11.6. The molecule has 3 N–H and O–H groups in total. The molecule has 1 fully saturated rings. The second-order valence-corrected chi connectivity index (χ2v) is 6.47. The van der Waals surface area contributed by atoms with Crippen LogP contribution in [-0.4, -0.2) is 30.9 Å². The van der Waals surface area contributed by atoms with E-state index in [9.17, 15) is 9.59 Å². The lowest BCUT2D eigenvalue weighted by molar-refractivity contribution is -0.126. The number of nitrogens with one attached hydrogen (secondary N) is 1. The largest absolute Gasteiger partial charge is 0.352 e. The lowest BCUT2D eigenvalue weighted by Crippen LogP contribution is -2.43. The van der Waals surface area contributed by atoms with Crippen molar-refractivity contribution < 1.29 is 9.59 Å². The van der Waals surface area contributed by atoms with Gasteiger partial charge in [-0.1, -0.05) is 44.9 Å². The Morgan fingerprint density at radius 3 is 2.72 bits per heavy atom. The van der Waals surface area contributed by atoms with Crippen molar-refractivity contribution >= 4 is 29.9 Å². The molecule has 0 aromatic heterocycles. The van der Waals surface area contributed by atoms with Gasteiger partial charge in [0.25, 0.3) is 0 Å². The molecule has 0 bridgehead atoms. The maximum atomic E-state index is 12.5. The fraction of sp³-hybridized carbons (Fsp3) is 0.579. The summed E-state index contributed by atoms with van der Waals surface area (Å²) in [7, 11) is 0. The Labute approximate surface area is 156 Å². The highest BCUT2D eigenvalue weighted by molar-refractivity contribution is 6.00. The van der Waals surface area contributed by atoms with Crippen molar-refractivity contribution in [2.45, 2.75) is 52.0 Å². The maximum absolute atomic E-state index is 12.5. The van der Waals surface area contributed by atoms with Gasteiger partial charge in [0.05, 0.1) is 5.92 Å². The number of hydrogen-bond acceptors (Lipinski definition) is 3. The summed E-state index contributed by atoms with van der Waals surface area (Å²) in [6, 6.07) is 7.91. The number of benzene rings is 1. The summed E-state index contributed by atoms with van der Waals surface area (Å²) in [5, 5.41) is 3.02. The molecule has 2 unspecified atom stereocenters. The van der Waals surface area contributed by atoms with Gasteiger partial charge in [0.1, 0.15) is 0 Å². The van der Waals surface area contributed by atoms with E-state index in [1.165, 1.54) is 0 Å². The highest BCUT2D eigenvalue weighted by Gasteiger charge is 2.36. The fourth-order valence-electron chi connectivity index (χ4n) is 3.21. The molecule has 0 saturated carbocycles. The molecule has 6 heteroatoms. The van der Waals surface area contributed by atoms with Crippen LogP contribution in [0.4, 0.5) is 5.69 Å². The van der Waals surface area contributed by atoms with E-state index in [0.717, 1.165) is 36.9 Å². The SMILES string of the molecule is CCCCC(CN)NC(=O)C1CC(=O)N(c2ccccc2CC)C1.Cl. The van der Waals surface area contributed by atoms with E-state index in [0.29, 0.717) is 13.1 Å². The van der Waals surface area contributed by atoms with Gasteiger partial charge >= 0.3 is 0 Å². The van der Waals surface area contributed by atoms with E-state index >= 15 is 0 Å². The van der Waals surface area contributed by atoms with Crippen molar-refractivity contribution in [3.63, 3.8) is 0 Å². The molecule has 2 rings (SSSR count). The van der Waals surface area contributed by atoms with Crippen molar-refractivity contribution in [2.24, 2.45) is 11.7 Å². The maximum Gasteiger partial charge on any atom is 0.227 e. The Morgan fingerprint density at radius 1 is 1.36 bits per heavy atom. The summed E-state index contributed by atoms with van der Waals surface area (Å²) in [4.78, 5) is 26.7. The molecule has 0 spiro atoms. The third-order valence-corrected chi connectivity index (χ3v) is 4.70. The van der Waals surface area contributed by atoms with E-state index in [1.807, 2.05) is 24.3 Å². The molecule has 1 aromatic rings. The standard InChI is InChI=1S/C19H29N3O2.ClH/c1-3-5-9-16(12-20)21-19(24)15-11-18(23)22(13-15)17-10-7-6-8-14(17)4-2;/h6-8,10,15-16H,3-5,9,11-13,20H2,1-2H3,(H,21,24);1H. The quantitative estimate of drug-likeness (QED) is 0.741. The van der Waals surface area contributed by atoms with Gasteiger partial charge in [-0.25, -0.2) is 0 Å². The molecule has 1 heterocycles. The van der Waals surface area contributed by atoms with Gasteiger partial charge in [-0.2, -0.15) is 0 Å². The third kappa shape index (κ3) is 5.44. The first kappa shape index (κ1) is 21.5. The van der Waals surface area contributed by atoms with E-state index < -0.39 is 0 Å². The lowest BCUT2D eigenvalue weighted by Gasteiger charge is -2.21. The summed E-state index contributed by atoms with van der Waals surface area (Å²) < 4.78 is 0. The highest BCUT2D eigenvalue weighted by Crippen LogP contribution is 2.28. The summed E-state index contributed by atoms with van der Waals surface area (Å²) in [5.74, 6) is -0.321. The molecular weight excluding hydrogens is 338 g/mol.